The molecule has 0 saturated heterocycles. The highest BCUT2D eigenvalue weighted by molar-refractivity contribution is 5.29. The van der Waals surface area contributed by atoms with Crippen molar-refractivity contribution in [3.8, 4) is 5.75 Å². The quantitative estimate of drug-likeness (QED) is 0.621. The molecule has 7 heteroatoms. The van der Waals surface area contributed by atoms with E-state index in [4.69, 9.17) is 10.5 Å². The largest absolute Gasteiger partial charge is 0.522 e. The molecule has 0 saturated carbocycles. The van der Waals surface area contributed by atoms with Crippen molar-refractivity contribution in [1.82, 2.24) is 0 Å². The summed E-state index contributed by atoms with van der Waals surface area (Å²) in [6.45, 7) is 0.856. The number of halogens is 4. The van der Waals surface area contributed by atoms with Gasteiger partial charge in [-0.2, -0.15) is 0 Å². The predicted molar refractivity (Wildman–Crippen MR) is 65.9 cm³/mol. The maximum atomic E-state index is 13.6. The van der Waals surface area contributed by atoms with E-state index in [-0.39, 0.29) is 18.4 Å². The van der Waals surface area contributed by atoms with Crippen LogP contribution < -0.4 is 10.5 Å². The number of ether oxygens (including phenoxy) is 2. The Hall–Kier alpha value is -1.34. The van der Waals surface area contributed by atoms with Crippen molar-refractivity contribution >= 4 is 0 Å². The van der Waals surface area contributed by atoms with Crippen LogP contribution in [0.1, 0.15) is 18.9 Å². The Morgan fingerprint density at radius 2 is 1.95 bits per heavy atom. The monoisotopic (exact) mass is 295 g/mol. The molecule has 3 nitrogen and oxygen atoms in total. The van der Waals surface area contributed by atoms with E-state index in [1.807, 2.05) is 6.92 Å². The van der Waals surface area contributed by atoms with Gasteiger partial charge in [0.25, 0.3) is 0 Å². The molecule has 0 fully saturated rings. The van der Waals surface area contributed by atoms with Gasteiger partial charge in [-0.25, -0.2) is 4.39 Å². The van der Waals surface area contributed by atoms with Crippen LogP contribution in [0.3, 0.4) is 0 Å². The lowest BCUT2D eigenvalue weighted by atomic mass is 10.0. The first kappa shape index (κ1) is 16.7. The van der Waals surface area contributed by atoms with Crippen LogP contribution in [-0.2, 0) is 11.2 Å². The molecule has 0 aliphatic rings. The van der Waals surface area contributed by atoms with Gasteiger partial charge >= 0.3 is 6.36 Å². The number of alkyl halides is 3. The molecule has 0 radical (unpaired) electrons. The average Bonchev–Trinajstić information content (AvgIpc) is 2.35. The Kier molecular flexibility index (Phi) is 6.22. The molecule has 1 aromatic carbocycles. The molecule has 1 unspecified atom stereocenters. The van der Waals surface area contributed by atoms with Crippen LogP contribution in [-0.4, -0.2) is 25.6 Å². The fourth-order valence-corrected chi connectivity index (χ4v) is 1.54. The molecule has 1 aromatic rings. The number of hydrogen-bond donors (Lipinski definition) is 1. The summed E-state index contributed by atoms with van der Waals surface area (Å²) < 4.78 is 57.2. The zero-order valence-corrected chi connectivity index (χ0v) is 11.0. The average molecular weight is 295 g/mol. The topological polar surface area (TPSA) is 44.5 Å². The van der Waals surface area contributed by atoms with Crippen molar-refractivity contribution in [2.45, 2.75) is 32.2 Å². The second-order valence-corrected chi connectivity index (χ2v) is 4.28. The second-order valence-electron chi connectivity index (χ2n) is 4.28. The molecule has 0 aliphatic carbocycles. The lowest BCUT2D eigenvalue weighted by Gasteiger charge is -2.12. The first-order valence-electron chi connectivity index (χ1n) is 6.19. The second kappa shape index (κ2) is 7.44. The Bertz CT molecular complexity index is 423. The minimum absolute atomic E-state index is 0.0543. The van der Waals surface area contributed by atoms with Crippen molar-refractivity contribution in [2.75, 3.05) is 13.2 Å². The van der Waals surface area contributed by atoms with Crippen LogP contribution in [0.5, 0.6) is 5.75 Å². The lowest BCUT2D eigenvalue weighted by molar-refractivity contribution is -0.325. The van der Waals surface area contributed by atoms with Gasteiger partial charge in [-0.1, -0.05) is 13.0 Å². The Labute approximate surface area is 114 Å². The van der Waals surface area contributed by atoms with Crippen LogP contribution >= 0.6 is 0 Å². The van der Waals surface area contributed by atoms with E-state index in [1.54, 1.807) is 6.07 Å². The highest BCUT2D eigenvalue weighted by Gasteiger charge is 2.28. The maximum absolute atomic E-state index is 13.6. The molecule has 0 heterocycles. The third-order valence-corrected chi connectivity index (χ3v) is 2.63. The standard InChI is InChI=1S/C13H17F4NO2/c1-2-10(18)7-9-3-4-12(11(14)8-9)19-5-6-20-13(15,16)17/h3-4,8,10H,2,5-7,18H2,1H3. The van der Waals surface area contributed by atoms with E-state index in [0.29, 0.717) is 6.42 Å². The van der Waals surface area contributed by atoms with E-state index in [9.17, 15) is 17.6 Å². The minimum atomic E-state index is -4.71. The SMILES string of the molecule is CCC(N)Cc1ccc(OCCOC(F)(F)F)c(F)c1. The smallest absolute Gasteiger partial charge is 0.488 e. The van der Waals surface area contributed by atoms with E-state index in [0.717, 1.165) is 12.0 Å². The molecule has 1 atom stereocenters. The van der Waals surface area contributed by atoms with E-state index in [2.05, 4.69) is 4.74 Å². The number of benzene rings is 1. The molecule has 114 valence electrons. The van der Waals surface area contributed by atoms with Gasteiger partial charge < -0.3 is 10.5 Å². The summed E-state index contributed by atoms with van der Waals surface area (Å²) in [6, 6.07) is 4.23. The van der Waals surface area contributed by atoms with Crippen molar-refractivity contribution in [3.05, 3.63) is 29.6 Å². The van der Waals surface area contributed by atoms with Crippen molar-refractivity contribution in [3.63, 3.8) is 0 Å². The van der Waals surface area contributed by atoms with Gasteiger partial charge in [0.05, 0.1) is 6.61 Å². The lowest BCUT2D eigenvalue weighted by Crippen LogP contribution is -2.21. The molecule has 1 rings (SSSR count). The van der Waals surface area contributed by atoms with Gasteiger partial charge in [0, 0.05) is 6.04 Å². The van der Waals surface area contributed by atoms with Gasteiger partial charge in [0.2, 0.25) is 0 Å². The summed E-state index contributed by atoms with van der Waals surface area (Å²) in [6.07, 6.45) is -3.40. The fourth-order valence-electron chi connectivity index (χ4n) is 1.54. The van der Waals surface area contributed by atoms with E-state index in [1.165, 1.54) is 12.1 Å². The first-order chi connectivity index (χ1) is 9.31. The summed E-state index contributed by atoms with van der Waals surface area (Å²) in [5, 5.41) is 0. The molecule has 0 aliphatic heterocycles. The van der Waals surface area contributed by atoms with Gasteiger partial charge in [-0.05, 0) is 30.5 Å². The molecular formula is C13H17F4NO2. The summed E-state index contributed by atoms with van der Waals surface area (Å²) in [7, 11) is 0. The summed E-state index contributed by atoms with van der Waals surface area (Å²) in [4.78, 5) is 0. The van der Waals surface area contributed by atoms with Crippen LogP contribution in [0.2, 0.25) is 0 Å². The number of rotatable bonds is 7. The van der Waals surface area contributed by atoms with Crippen LogP contribution in [0.25, 0.3) is 0 Å². The zero-order chi connectivity index (χ0) is 15.2. The Balaban J connectivity index is 2.47. The van der Waals surface area contributed by atoms with E-state index >= 15 is 0 Å². The van der Waals surface area contributed by atoms with Crippen LogP contribution in [0, 0.1) is 5.82 Å². The van der Waals surface area contributed by atoms with E-state index < -0.39 is 18.8 Å². The third-order valence-electron chi connectivity index (χ3n) is 2.63. The van der Waals surface area contributed by atoms with Gasteiger partial charge in [0.15, 0.2) is 11.6 Å². The Morgan fingerprint density at radius 3 is 2.50 bits per heavy atom. The van der Waals surface area contributed by atoms with Crippen molar-refractivity contribution in [1.29, 1.82) is 0 Å². The van der Waals surface area contributed by atoms with Crippen molar-refractivity contribution < 1.29 is 27.0 Å². The molecule has 0 spiro atoms. The Morgan fingerprint density at radius 1 is 1.25 bits per heavy atom. The fraction of sp³-hybridized carbons (Fsp3) is 0.538. The van der Waals surface area contributed by atoms with Gasteiger partial charge in [0.1, 0.15) is 6.61 Å². The normalized spacial score (nSPS) is 13.3. The molecular weight excluding hydrogens is 278 g/mol. The summed E-state index contributed by atoms with van der Waals surface area (Å²) >= 11 is 0. The number of nitrogens with two attached hydrogens (primary N) is 1. The summed E-state index contributed by atoms with van der Waals surface area (Å²) in [5.41, 5.74) is 6.47. The predicted octanol–water partition coefficient (Wildman–Crippen LogP) is 3.02. The zero-order valence-electron chi connectivity index (χ0n) is 11.0. The summed E-state index contributed by atoms with van der Waals surface area (Å²) in [5.74, 6) is -0.734. The molecule has 2 N–H and O–H groups in total. The highest BCUT2D eigenvalue weighted by atomic mass is 19.4. The maximum Gasteiger partial charge on any atom is 0.522 e. The molecule has 0 amide bonds. The first-order valence-corrected chi connectivity index (χ1v) is 6.19. The number of hydrogen-bond acceptors (Lipinski definition) is 3. The van der Waals surface area contributed by atoms with Gasteiger partial charge in [-0.15, -0.1) is 13.2 Å². The van der Waals surface area contributed by atoms with Gasteiger partial charge in [-0.3, -0.25) is 4.74 Å². The molecule has 20 heavy (non-hydrogen) atoms. The van der Waals surface area contributed by atoms with Crippen molar-refractivity contribution in [2.24, 2.45) is 5.73 Å². The van der Waals surface area contributed by atoms with Crippen LogP contribution in [0.4, 0.5) is 17.6 Å². The van der Waals surface area contributed by atoms with Crippen LogP contribution in [0.15, 0.2) is 18.2 Å². The molecule has 0 aromatic heterocycles. The third kappa shape index (κ3) is 6.21. The minimum Gasteiger partial charge on any atom is -0.488 e. The highest BCUT2D eigenvalue weighted by Crippen LogP contribution is 2.20. The molecule has 0 bridgehead atoms.